The summed E-state index contributed by atoms with van der Waals surface area (Å²) >= 11 is -0.722. The average Bonchev–Trinajstić information content (AvgIpc) is 2.91. The second-order valence-electron chi connectivity index (χ2n) is 7.56. The van der Waals surface area contributed by atoms with Crippen LogP contribution in [0.25, 0.3) is 0 Å². The minimum absolute atomic E-state index is 0.361. The van der Waals surface area contributed by atoms with Crippen LogP contribution in [0.1, 0.15) is 6.42 Å². The van der Waals surface area contributed by atoms with Gasteiger partial charge >= 0.3 is 224 Å². The van der Waals surface area contributed by atoms with Crippen molar-refractivity contribution in [3.05, 3.63) is 121 Å². The van der Waals surface area contributed by atoms with Gasteiger partial charge in [0, 0.05) is 0 Å². The Kier molecular flexibility index (Phi) is 9.93. The van der Waals surface area contributed by atoms with E-state index in [9.17, 15) is 0 Å². The maximum atomic E-state index is 6.95. The van der Waals surface area contributed by atoms with Crippen molar-refractivity contribution < 1.29 is 35.3 Å². The van der Waals surface area contributed by atoms with Crippen molar-refractivity contribution in [2.75, 3.05) is 12.3 Å². The normalized spacial score (nSPS) is 12.2. The fourth-order valence-electron chi connectivity index (χ4n) is 4.08. The zero-order chi connectivity index (χ0) is 23.0. The number of rotatable bonds is 8. The summed E-state index contributed by atoms with van der Waals surface area (Å²) in [5, 5.41) is 5.76. The third-order valence-corrected chi connectivity index (χ3v) is 34.0. The summed E-state index contributed by atoms with van der Waals surface area (Å²) in [5.41, 5.74) is 0. The van der Waals surface area contributed by atoms with Crippen molar-refractivity contribution in [2.45, 2.75) is 6.42 Å². The van der Waals surface area contributed by atoms with E-state index in [4.69, 9.17) is 18.4 Å². The summed E-state index contributed by atoms with van der Waals surface area (Å²) in [7, 11) is 13.9. The van der Waals surface area contributed by atoms with Gasteiger partial charge in [-0.2, -0.15) is 0 Å². The molecule has 0 N–H and O–H groups in total. The van der Waals surface area contributed by atoms with Crippen LogP contribution in [0.4, 0.5) is 0 Å². The molecule has 0 nitrogen and oxygen atoms in total. The van der Waals surface area contributed by atoms with E-state index in [1.165, 1.54) is 21.2 Å². The Morgan fingerprint density at radius 1 is 0.424 bits per heavy atom. The number of halogens is 2. The van der Waals surface area contributed by atoms with Crippen LogP contribution in [0.2, 0.25) is 0 Å². The zero-order valence-electron chi connectivity index (χ0n) is 17.9. The van der Waals surface area contributed by atoms with Crippen molar-refractivity contribution >= 4 is 49.0 Å². The SMILES string of the molecule is [Cl][Au]=[P](CCC[P](=[Au][Cl])(c1ccccc1)c1ccccc1)(c1ccccc1)c1ccccc1. The van der Waals surface area contributed by atoms with E-state index in [1.54, 1.807) is 0 Å². The number of hydrogen-bond acceptors (Lipinski definition) is 0. The van der Waals surface area contributed by atoms with Gasteiger partial charge in [0.2, 0.25) is 0 Å². The molecule has 0 atom stereocenters. The van der Waals surface area contributed by atoms with Gasteiger partial charge in [-0.15, -0.1) is 0 Å². The minimum atomic E-state index is -1.61. The van der Waals surface area contributed by atoms with Gasteiger partial charge in [-0.05, 0) is 0 Å². The number of benzene rings is 4. The van der Waals surface area contributed by atoms with Crippen LogP contribution in [-0.4, -0.2) is 12.3 Å². The fourth-order valence-corrected chi connectivity index (χ4v) is 27.8. The molecule has 0 spiro atoms. The molecule has 33 heavy (non-hydrogen) atoms. The van der Waals surface area contributed by atoms with E-state index < -0.39 is 9.38 Å². The van der Waals surface area contributed by atoms with Gasteiger partial charge in [-0.3, -0.25) is 0 Å². The van der Waals surface area contributed by atoms with Gasteiger partial charge in [0.25, 0.3) is 0 Å². The Bertz CT molecular complexity index is 1070. The first-order valence-electron chi connectivity index (χ1n) is 10.7. The van der Waals surface area contributed by atoms with Gasteiger partial charge in [0.05, 0.1) is 0 Å². The van der Waals surface area contributed by atoms with Gasteiger partial charge < -0.3 is 0 Å². The van der Waals surface area contributed by atoms with Gasteiger partial charge in [0.1, 0.15) is 0 Å². The molecule has 0 amide bonds. The predicted octanol–water partition coefficient (Wildman–Crippen LogP) is 7.02. The van der Waals surface area contributed by atoms with Gasteiger partial charge in [0.15, 0.2) is 0 Å². The first kappa shape index (κ1) is 25.9. The van der Waals surface area contributed by atoms with Crippen molar-refractivity contribution in [3.63, 3.8) is 0 Å². The molecule has 0 aromatic heterocycles. The second kappa shape index (κ2) is 12.7. The molecule has 0 aliphatic carbocycles. The molecule has 0 aliphatic rings. The van der Waals surface area contributed by atoms with Crippen LogP contribution in [0.5, 0.6) is 0 Å². The summed E-state index contributed by atoms with van der Waals surface area (Å²) < 4.78 is -3.23. The Hall–Kier alpha value is -0.199. The van der Waals surface area contributed by atoms with Crippen molar-refractivity contribution in [2.24, 2.45) is 0 Å². The molecular formula is C27H26Au2Cl2P2. The quantitative estimate of drug-likeness (QED) is 0.132. The Balaban J connectivity index is 1.74. The van der Waals surface area contributed by atoms with Gasteiger partial charge in [-0.25, -0.2) is 0 Å². The van der Waals surface area contributed by atoms with E-state index in [1.807, 2.05) is 0 Å². The molecule has 4 aromatic carbocycles. The Morgan fingerprint density at radius 3 is 0.879 bits per heavy atom. The summed E-state index contributed by atoms with van der Waals surface area (Å²) in [6, 6.07) is 44.1. The van der Waals surface area contributed by atoms with E-state index >= 15 is 0 Å². The van der Waals surface area contributed by atoms with Crippen molar-refractivity contribution in [1.82, 2.24) is 0 Å². The molecule has 6 heteroatoms. The average molecular weight is 877 g/mol. The van der Waals surface area contributed by atoms with E-state index in [0.29, 0.717) is 0 Å². The van der Waals surface area contributed by atoms with Crippen LogP contribution >= 0.6 is 27.8 Å². The van der Waals surface area contributed by atoms with Crippen LogP contribution in [0, 0.1) is 0 Å². The van der Waals surface area contributed by atoms with Crippen LogP contribution < -0.4 is 21.2 Å². The molecule has 0 saturated carbocycles. The summed E-state index contributed by atoms with van der Waals surface area (Å²) in [6.07, 6.45) is 3.43. The van der Waals surface area contributed by atoms with Crippen LogP contribution in [-0.2, 0) is 35.3 Å². The topological polar surface area (TPSA) is 0 Å². The molecule has 0 saturated heterocycles. The molecule has 0 unspecified atom stereocenters. The molecule has 0 aliphatic heterocycles. The Morgan fingerprint density at radius 2 is 0.667 bits per heavy atom. The second-order valence-corrected chi connectivity index (χ2v) is 30.5. The standard InChI is InChI=1S/C27H26P2.2Au.2ClH/c1-5-14-24(15-6-1)28(25-16-7-2-8-17-25)22-13-23-29(26-18-9-3-10-19-26)27-20-11-4-12-21-27;;;;/h1-12,14-21H,13,22-23H2;;;2*1H/q;2*+1;;/p-2. The fraction of sp³-hybridized carbons (Fsp3) is 0.111. The first-order valence-corrected chi connectivity index (χ1v) is 25.4. The van der Waals surface area contributed by atoms with Crippen LogP contribution in [0.3, 0.4) is 0 Å². The molecule has 0 bridgehead atoms. The summed E-state index contributed by atoms with van der Waals surface area (Å²) in [5.74, 6) is 0. The molecular weight excluding hydrogens is 851 g/mol. The zero-order valence-corrected chi connectivity index (χ0v) is 25.6. The van der Waals surface area contributed by atoms with Crippen molar-refractivity contribution in [3.8, 4) is 0 Å². The number of hydrogen-bond donors (Lipinski definition) is 0. The third kappa shape index (κ3) is 5.80. The predicted molar refractivity (Wildman–Crippen MR) is 144 cm³/mol. The molecule has 180 valence electrons. The van der Waals surface area contributed by atoms with E-state index in [2.05, 4.69) is 121 Å². The summed E-state index contributed by atoms with van der Waals surface area (Å²) in [4.78, 5) is 0. The Labute approximate surface area is 222 Å². The van der Waals surface area contributed by atoms with Crippen LogP contribution in [0.15, 0.2) is 121 Å². The van der Waals surface area contributed by atoms with Crippen molar-refractivity contribution in [1.29, 1.82) is 0 Å². The first-order chi connectivity index (χ1) is 16.2. The summed E-state index contributed by atoms with van der Waals surface area (Å²) in [6.45, 7) is 0. The van der Waals surface area contributed by atoms with E-state index in [-0.39, 0.29) is 35.3 Å². The molecule has 0 radical (unpaired) electrons. The molecule has 0 fully saturated rings. The molecule has 0 heterocycles. The monoisotopic (exact) mass is 876 g/mol. The van der Waals surface area contributed by atoms with E-state index in [0.717, 1.165) is 18.7 Å². The third-order valence-electron chi connectivity index (χ3n) is 5.66. The maximum absolute atomic E-state index is 6.95. The molecule has 4 rings (SSSR count). The molecule has 4 aromatic rings. The van der Waals surface area contributed by atoms with Gasteiger partial charge in [-0.1, -0.05) is 0 Å².